The molecule has 1 N–H and O–H groups in total. The molecule has 1 fully saturated rings. The van der Waals surface area contributed by atoms with E-state index in [1.54, 1.807) is 17.0 Å². The van der Waals surface area contributed by atoms with Gasteiger partial charge in [-0.15, -0.1) is 12.4 Å². The summed E-state index contributed by atoms with van der Waals surface area (Å²) >= 11 is 0. The number of aliphatic carboxylic acids is 1. The lowest BCUT2D eigenvalue weighted by molar-refractivity contribution is -0.384. The van der Waals surface area contributed by atoms with Crippen molar-refractivity contribution in [1.29, 1.82) is 0 Å². The summed E-state index contributed by atoms with van der Waals surface area (Å²) in [6.45, 7) is 0.907. The molecule has 0 bridgehead atoms. The number of non-ortho nitro benzene ring substituents is 1. The number of hydrogen-bond donors (Lipinski definition) is 1. The Morgan fingerprint density at radius 1 is 1.50 bits per heavy atom. The average Bonchev–Trinajstić information content (AvgIpc) is 3.17. The van der Waals surface area contributed by atoms with Gasteiger partial charge in [-0.05, 0) is 19.4 Å². The van der Waals surface area contributed by atoms with Gasteiger partial charge in [-0.2, -0.15) is 4.98 Å². The Kier molecular flexibility index (Phi) is 5.47. The zero-order valence-corrected chi connectivity index (χ0v) is 13.3. The SMILES string of the molecule is Cl.O=C(O)[C@@H]1CCCN1Cc1nc(-c2cccc([N+](=O)[O-])c2)no1. The van der Waals surface area contributed by atoms with Crippen LogP contribution < -0.4 is 0 Å². The van der Waals surface area contributed by atoms with Gasteiger partial charge in [0.25, 0.3) is 5.69 Å². The van der Waals surface area contributed by atoms with E-state index in [0.29, 0.717) is 24.4 Å². The van der Waals surface area contributed by atoms with Crippen LogP contribution in [0.4, 0.5) is 5.69 Å². The standard InChI is InChI=1S/C14H14N4O5.ClH/c19-14(20)11-5-2-6-17(11)8-12-15-13(16-23-12)9-3-1-4-10(7-9)18(21)22;/h1,3-4,7,11H,2,5-6,8H2,(H,19,20);1H/t11-;/m0./s1. The molecule has 1 aliphatic rings. The second kappa shape index (κ2) is 7.37. The smallest absolute Gasteiger partial charge is 0.320 e. The lowest BCUT2D eigenvalue weighted by Crippen LogP contribution is -2.35. The molecule has 9 nitrogen and oxygen atoms in total. The van der Waals surface area contributed by atoms with Crippen LogP contribution in [0.1, 0.15) is 18.7 Å². The van der Waals surface area contributed by atoms with Crippen LogP contribution in [0.25, 0.3) is 11.4 Å². The highest BCUT2D eigenvalue weighted by molar-refractivity contribution is 5.85. The van der Waals surface area contributed by atoms with E-state index in [4.69, 9.17) is 9.63 Å². The Labute approximate surface area is 142 Å². The largest absolute Gasteiger partial charge is 0.480 e. The van der Waals surface area contributed by atoms with Gasteiger partial charge in [-0.25, -0.2) is 0 Å². The van der Waals surface area contributed by atoms with Gasteiger partial charge < -0.3 is 9.63 Å². The molecular formula is C14H15ClN4O5. The molecule has 0 spiro atoms. The summed E-state index contributed by atoms with van der Waals surface area (Å²) in [6.07, 6.45) is 1.41. The minimum Gasteiger partial charge on any atom is -0.480 e. The first-order chi connectivity index (χ1) is 11.0. The first-order valence-corrected chi connectivity index (χ1v) is 7.09. The number of carboxylic acid groups (broad SMARTS) is 1. The quantitative estimate of drug-likeness (QED) is 0.639. The number of benzene rings is 1. The summed E-state index contributed by atoms with van der Waals surface area (Å²) in [7, 11) is 0. The zero-order valence-electron chi connectivity index (χ0n) is 12.5. The van der Waals surface area contributed by atoms with Crippen molar-refractivity contribution in [3.05, 3.63) is 40.3 Å². The minimum atomic E-state index is -0.860. The third kappa shape index (κ3) is 3.69. The van der Waals surface area contributed by atoms with Crippen LogP contribution in [0.3, 0.4) is 0 Å². The highest BCUT2D eigenvalue weighted by Gasteiger charge is 2.31. The molecular weight excluding hydrogens is 340 g/mol. The van der Waals surface area contributed by atoms with E-state index >= 15 is 0 Å². The summed E-state index contributed by atoms with van der Waals surface area (Å²) in [6, 6.07) is 5.40. The van der Waals surface area contributed by atoms with Crippen molar-refractivity contribution in [3.63, 3.8) is 0 Å². The van der Waals surface area contributed by atoms with Crippen molar-refractivity contribution in [3.8, 4) is 11.4 Å². The number of nitrogens with zero attached hydrogens (tertiary/aromatic N) is 4. The fourth-order valence-corrected chi connectivity index (χ4v) is 2.66. The van der Waals surface area contributed by atoms with Gasteiger partial charge in [0, 0.05) is 17.7 Å². The van der Waals surface area contributed by atoms with Gasteiger partial charge in [0.15, 0.2) is 0 Å². The molecule has 1 aliphatic heterocycles. The van der Waals surface area contributed by atoms with E-state index in [0.717, 1.165) is 6.42 Å². The van der Waals surface area contributed by atoms with Crippen molar-refractivity contribution in [2.45, 2.75) is 25.4 Å². The molecule has 0 aliphatic carbocycles. The minimum absolute atomic E-state index is 0. The summed E-state index contributed by atoms with van der Waals surface area (Å²) in [5.41, 5.74) is 0.421. The number of rotatable bonds is 5. The van der Waals surface area contributed by atoms with Crippen molar-refractivity contribution >= 4 is 24.1 Å². The summed E-state index contributed by atoms with van der Waals surface area (Å²) < 4.78 is 5.14. The molecule has 1 aromatic carbocycles. The van der Waals surface area contributed by atoms with E-state index in [1.807, 2.05) is 0 Å². The molecule has 128 valence electrons. The molecule has 0 saturated carbocycles. The van der Waals surface area contributed by atoms with E-state index in [-0.39, 0.29) is 30.5 Å². The van der Waals surface area contributed by atoms with Gasteiger partial charge in [0.1, 0.15) is 6.04 Å². The summed E-state index contributed by atoms with van der Waals surface area (Å²) in [5.74, 6) is -0.324. The number of likely N-dealkylation sites (tertiary alicyclic amines) is 1. The number of halogens is 1. The Balaban J connectivity index is 0.00000208. The lowest BCUT2D eigenvalue weighted by Gasteiger charge is -2.18. The van der Waals surface area contributed by atoms with Gasteiger partial charge in [0.05, 0.1) is 11.5 Å². The van der Waals surface area contributed by atoms with Crippen LogP contribution in [-0.4, -0.2) is 43.6 Å². The summed E-state index contributed by atoms with van der Waals surface area (Å²) in [4.78, 5) is 27.4. The number of nitro groups is 1. The van der Waals surface area contributed by atoms with Crippen LogP contribution in [0.15, 0.2) is 28.8 Å². The third-order valence-electron chi connectivity index (χ3n) is 3.77. The highest BCUT2D eigenvalue weighted by atomic mass is 35.5. The predicted octanol–water partition coefficient (Wildman–Crippen LogP) is 2.12. The molecule has 1 atom stereocenters. The Bertz CT molecular complexity index is 750. The third-order valence-corrected chi connectivity index (χ3v) is 3.77. The number of hydrogen-bond acceptors (Lipinski definition) is 7. The first-order valence-electron chi connectivity index (χ1n) is 7.09. The topological polar surface area (TPSA) is 123 Å². The maximum atomic E-state index is 11.2. The normalized spacial score (nSPS) is 17.4. The average molecular weight is 355 g/mol. The first kappa shape index (κ1) is 17.8. The summed E-state index contributed by atoms with van der Waals surface area (Å²) in [5, 5.41) is 23.8. The number of carboxylic acids is 1. The van der Waals surface area contributed by atoms with Crippen LogP contribution in [-0.2, 0) is 11.3 Å². The maximum Gasteiger partial charge on any atom is 0.320 e. The van der Waals surface area contributed by atoms with Crippen molar-refractivity contribution < 1.29 is 19.3 Å². The fourth-order valence-electron chi connectivity index (χ4n) is 2.66. The Hall–Kier alpha value is -2.52. The monoisotopic (exact) mass is 354 g/mol. The number of nitro benzene ring substituents is 1. The van der Waals surface area contributed by atoms with E-state index < -0.39 is 16.9 Å². The molecule has 2 heterocycles. The second-order valence-electron chi connectivity index (χ2n) is 5.29. The molecule has 0 amide bonds. The molecule has 10 heteroatoms. The maximum absolute atomic E-state index is 11.2. The van der Waals surface area contributed by atoms with Crippen molar-refractivity contribution in [2.24, 2.45) is 0 Å². The zero-order chi connectivity index (χ0) is 16.4. The fraction of sp³-hybridized carbons (Fsp3) is 0.357. The number of carbonyl (C=O) groups is 1. The number of aromatic nitrogens is 2. The molecule has 1 aromatic heterocycles. The van der Waals surface area contributed by atoms with Gasteiger partial charge >= 0.3 is 5.97 Å². The van der Waals surface area contributed by atoms with E-state index in [2.05, 4.69) is 10.1 Å². The van der Waals surface area contributed by atoms with E-state index in [9.17, 15) is 14.9 Å². The molecule has 24 heavy (non-hydrogen) atoms. The molecule has 0 unspecified atom stereocenters. The van der Waals surface area contributed by atoms with Gasteiger partial charge in [0.2, 0.25) is 11.7 Å². The highest BCUT2D eigenvalue weighted by Crippen LogP contribution is 2.23. The second-order valence-corrected chi connectivity index (χ2v) is 5.29. The van der Waals surface area contributed by atoms with Crippen molar-refractivity contribution in [2.75, 3.05) is 6.54 Å². The van der Waals surface area contributed by atoms with Crippen LogP contribution in [0.5, 0.6) is 0 Å². The van der Waals surface area contributed by atoms with Gasteiger partial charge in [-0.1, -0.05) is 17.3 Å². The Morgan fingerprint density at radius 2 is 2.29 bits per heavy atom. The molecule has 3 rings (SSSR count). The van der Waals surface area contributed by atoms with Crippen LogP contribution >= 0.6 is 12.4 Å². The molecule has 0 radical (unpaired) electrons. The van der Waals surface area contributed by atoms with Gasteiger partial charge in [-0.3, -0.25) is 19.8 Å². The van der Waals surface area contributed by atoms with Crippen LogP contribution in [0.2, 0.25) is 0 Å². The lowest BCUT2D eigenvalue weighted by atomic mass is 10.2. The Morgan fingerprint density at radius 3 is 3.00 bits per heavy atom. The van der Waals surface area contributed by atoms with Crippen LogP contribution in [0, 0.1) is 10.1 Å². The van der Waals surface area contributed by atoms with Crippen molar-refractivity contribution in [1.82, 2.24) is 15.0 Å². The molecule has 1 saturated heterocycles. The molecule has 2 aromatic rings. The predicted molar refractivity (Wildman–Crippen MR) is 84.7 cm³/mol. The van der Waals surface area contributed by atoms with E-state index in [1.165, 1.54) is 12.1 Å².